The van der Waals surface area contributed by atoms with E-state index in [1.165, 1.54) is 19.3 Å². The van der Waals surface area contributed by atoms with E-state index in [1.807, 2.05) is 30.3 Å². The lowest BCUT2D eigenvalue weighted by molar-refractivity contribution is 0.232. The second kappa shape index (κ2) is 8.84. The number of benzene rings is 1. The summed E-state index contributed by atoms with van der Waals surface area (Å²) in [4.78, 5) is 20.8. The molecular formula is C15H24N4O2. The fourth-order valence-electron chi connectivity index (χ4n) is 2.39. The number of para-hydroxylation sites is 1. The van der Waals surface area contributed by atoms with E-state index in [2.05, 4.69) is 29.0 Å². The topological polar surface area (TPSA) is 110 Å². The number of nitrogens with one attached hydrogen (secondary N) is 2. The number of primary amides is 2. The standard InChI is InChI=1S/C14H20N2O.CH4N2O/c1-11-7-5-6-10-13(11)16-14(17)15-12-8-3-2-4-9-12;2-1(3)4/h2-4,8-9,11,13H,5-7,10H2,1H3,(H2,15,16,17);(H4,2,3,4). The Morgan fingerprint density at radius 1 is 1.10 bits per heavy atom. The van der Waals surface area contributed by atoms with Gasteiger partial charge in [-0.1, -0.05) is 38.0 Å². The Labute approximate surface area is 125 Å². The van der Waals surface area contributed by atoms with Crippen molar-refractivity contribution in [2.75, 3.05) is 5.32 Å². The van der Waals surface area contributed by atoms with Gasteiger partial charge in [0.15, 0.2) is 0 Å². The first-order valence-electron chi connectivity index (χ1n) is 7.16. The minimum absolute atomic E-state index is 0.0880. The molecule has 2 atom stereocenters. The number of carbonyl (C=O) groups is 2. The van der Waals surface area contributed by atoms with E-state index in [-0.39, 0.29) is 6.03 Å². The number of urea groups is 2. The van der Waals surface area contributed by atoms with Crippen molar-refractivity contribution in [2.24, 2.45) is 17.4 Å². The van der Waals surface area contributed by atoms with Gasteiger partial charge in [-0.3, -0.25) is 0 Å². The van der Waals surface area contributed by atoms with Gasteiger partial charge in [-0.25, -0.2) is 9.59 Å². The minimum Gasteiger partial charge on any atom is -0.352 e. The Balaban J connectivity index is 0.000000491. The molecule has 1 aliphatic rings. The summed E-state index contributed by atoms with van der Waals surface area (Å²) < 4.78 is 0. The van der Waals surface area contributed by atoms with Gasteiger partial charge in [0, 0.05) is 11.7 Å². The fraction of sp³-hybridized carbons (Fsp3) is 0.467. The van der Waals surface area contributed by atoms with Crippen molar-refractivity contribution in [2.45, 2.75) is 38.6 Å². The molecule has 0 aromatic heterocycles. The van der Waals surface area contributed by atoms with Crippen LogP contribution in [0, 0.1) is 5.92 Å². The molecule has 6 nitrogen and oxygen atoms in total. The molecule has 1 saturated carbocycles. The average molecular weight is 292 g/mol. The van der Waals surface area contributed by atoms with Crippen molar-refractivity contribution in [1.82, 2.24) is 5.32 Å². The van der Waals surface area contributed by atoms with Crippen LogP contribution in [-0.2, 0) is 0 Å². The van der Waals surface area contributed by atoms with Gasteiger partial charge in [0.25, 0.3) is 0 Å². The molecule has 21 heavy (non-hydrogen) atoms. The zero-order valence-corrected chi connectivity index (χ0v) is 12.3. The molecule has 0 spiro atoms. The lowest BCUT2D eigenvalue weighted by atomic mass is 9.86. The number of rotatable bonds is 2. The molecule has 1 aliphatic carbocycles. The Hall–Kier alpha value is -2.24. The molecule has 0 heterocycles. The van der Waals surface area contributed by atoms with Crippen LogP contribution in [0.25, 0.3) is 0 Å². The van der Waals surface area contributed by atoms with Crippen molar-refractivity contribution < 1.29 is 9.59 Å². The van der Waals surface area contributed by atoms with Crippen LogP contribution in [0.4, 0.5) is 15.3 Å². The molecule has 6 N–H and O–H groups in total. The van der Waals surface area contributed by atoms with Gasteiger partial charge in [-0.2, -0.15) is 0 Å². The molecule has 1 aromatic carbocycles. The summed E-state index contributed by atoms with van der Waals surface area (Å²) >= 11 is 0. The van der Waals surface area contributed by atoms with Crippen molar-refractivity contribution >= 4 is 17.7 Å². The van der Waals surface area contributed by atoms with Crippen LogP contribution in [0.1, 0.15) is 32.6 Å². The summed E-state index contributed by atoms with van der Waals surface area (Å²) in [5, 5.41) is 5.93. The number of nitrogens with two attached hydrogens (primary N) is 2. The lowest BCUT2D eigenvalue weighted by Crippen LogP contribution is -2.43. The monoisotopic (exact) mass is 292 g/mol. The van der Waals surface area contributed by atoms with Gasteiger partial charge in [0.1, 0.15) is 0 Å². The first kappa shape index (κ1) is 16.8. The summed E-state index contributed by atoms with van der Waals surface area (Å²) in [5.74, 6) is 0.588. The molecule has 1 fully saturated rings. The van der Waals surface area contributed by atoms with E-state index in [0.29, 0.717) is 12.0 Å². The highest BCUT2D eigenvalue weighted by molar-refractivity contribution is 5.89. The van der Waals surface area contributed by atoms with Crippen molar-refractivity contribution in [3.8, 4) is 0 Å². The molecule has 6 heteroatoms. The Kier molecular flexibility index (Phi) is 7.08. The van der Waals surface area contributed by atoms with E-state index >= 15 is 0 Å². The highest BCUT2D eigenvalue weighted by atomic mass is 16.2. The second-order valence-corrected chi connectivity index (χ2v) is 5.24. The molecule has 116 valence electrons. The number of amides is 4. The van der Waals surface area contributed by atoms with Crippen LogP contribution in [-0.4, -0.2) is 18.1 Å². The highest BCUT2D eigenvalue weighted by Gasteiger charge is 2.22. The Morgan fingerprint density at radius 3 is 2.24 bits per heavy atom. The van der Waals surface area contributed by atoms with E-state index < -0.39 is 6.03 Å². The van der Waals surface area contributed by atoms with Crippen molar-refractivity contribution in [3.63, 3.8) is 0 Å². The SMILES string of the molecule is CC1CCCCC1NC(=O)Nc1ccccc1.NC(N)=O. The zero-order chi connectivity index (χ0) is 15.7. The number of hydrogen-bond acceptors (Lipinski definition) is 2. The van der Waals surface area contributed by atoms with E-state index in [9.17, 15) is 4.79 Å². The normalized spacial score (nSPS) is 20.6. The summed E-state index contributed by atoms with van der Waals surface area (Å²) in [6.07, 6.45) is 4.83. The van der Waals surface area contributed by atoms with E-state index in [0.717, 1.165) is 12.1 Å². The molecule has 0 saturated heterocycles. The zero-order valence-electron chi connectivity index (χ0n) is 12.3. The predicted octanol–water partition coefficient (Wildman–Crippen LogP) is 2.41. The third-order valence-electron chi connectivity index (χ3n) is 3.46. The lowest BCUT2D eigenvalue weighted by Gasteiger charge is -2.29. The van der Waals surface area contributed by atoms with Crippen molar-refractivity contribution in [3.05, 3.63) is 30.3 Å². The minimum atomic E-state index is -0.833. The third kappa shape index (κ3) is 7.20. The molecule has 2 rings (SSSR count). The van der Waals surface area contributed by atoms with Gasteiger partial charge in [-0.05, 0) is 30.9 Å². The fourth-order valence-corrected chi connectivity index (χ4v) is 2.39. The predicted molar refractivity (Wildman–Crippen MR) is 83.8 cm³/mol. The Morgan fingerprint density at radius 2 is 1.67 bits per heavy atom. The molecular weight excluding hydrogens is 268 g/mol. The van der Waals surface area contributed by atoms with Crippen LogP contribution in [0.15, 0.2) is 30.3 Å². The first-order valence-corrected chi connectivity index (χ1v) is 7.16. The summed E-state index contributed by atoms with van der Waals surface area (Å²) in [6.45, 7) is 2.21. The molecule has 0 bridgehead atoms. The van der Waals surface area contributed by atoms with E-state index in [4.69, 9.17) is 4.79 Å². The average Bonchev–Trinajstić information content (AvgIpc) is 2.42. The van der Waals surface area contributed by atoms with Crippen LogP contribution >= 0.6 is 0 Å². The smallest absolute Gasteiger partial charge is 0.319 e. The summed E-state index contributed by atoms with van der Waals surface area (Å²) in [7, 11) is 0. The van der Waals surface area contributed by atoms with Crippen LogP contribution < -0.4 is 22.1 Å². The van der Waals surface area contributed by atoms with Crippen LogP contribution in [0.2, 0.25) is 0 Å². The number of anilines is 1. The maximum atomic E-state index is 11.8. The second-order valence-electron chi connectivity index (χ2n) is 5.24. The molecule has 4 amide bonds. The summed E-state index contributed by atoms with van der Waals surface area (Å²) in [6, 6.07) is 8.96. The quantitative estimate of drug-likeness (QED) is 0.671. The largest absolute Gasteiger partial charge is 0.352 e. The number of hydrogen-bond donors (Lipinski definition) is 4. The van der Waals surface area contributed by atoms with E-state index in [1.54, 1.807) is 0 Å². The highest BCUT2D eigenvalue weighted by Crippen LogP contribution is 2.23. The van der Waals surface area contributed by atoms with Crippen LogP contribution in [0.3, 0.4) is 0 Å². The molecule has 2 unspecified atom stereocenters. The van der Waals surface area contributed by atoms with Gasteiger partial charge >= 0.3 is 12.1 Å². The van der Waals surface area contributed by atoms with Gasteiger partial charge in [0.05, 0.1) is 0 Å². The molecule has 1 aromatic rings. The molecule has 0 radical (unpaired) electrons. The van der Waals surface area contributed by atoms with Crippen molar-refractivity contribution in [1.29, 1.82) is 0 Å². The Bertz CT molecular complexity index is 446. The van der Waals surface area contributed by atoms with Gasteiger partial charge < -0.3 is 22.1 Å². The van der Waals surface area contributed by atoms with Gasteiger partial charge in [-0.15, -0.1) is 0 Å². The molecule has 0 aliphatic heterocycles. The van der Waals surface area contributed by atoms with Gasteiger partial charge in [0.2, 0.25) is 0 Å². The summed E-state index contributed by atoms with van der Waals surface area (Å²) in [5.41, 5.74) is 9.34. The number of carbonyl (C=O) groups excluding carboxylic acids is 2. The maximum absolute atomic E-state index is 11.8. The maximum Gasteiger partial charge on any atom is 0.319 e. The first-order chi connectivity index (χ1) is 9.99. The van der Waals surface area contributed by atoms with Crippen LogP contribution in [0.5, 0.6) is 0 Å². The third-order valence-corrected chi connectivity index (χ3v) is 3.46.